The molecular formula is C6H19N3O2Si. The smallest absolute Gasteiger partial charge is 0.371 e. The molecule has 1 unspecified atom stereocenters. The van der Waals surface area contributed by atoms with Crippen molar-refractivity contribution in [3.63, 3.8) is 0 Å². The minimum atomic E-state index is -2.56. The van der Waals surface area contributed by atoms with Gasteiger partial charge in [-0.15, -0.1) is 0 Å². The molecule has 0 aromatic heterocycles. The lowest BCUT2D eigenvalue weighted by Gasteiger charge is -2.40. The summed E-state index contributed by atoms with van der Waals surface area (Å²) in [7, 11) is 0.511. The maximum Gasteiger partial charge on any atom is 0.371 e. The Kier molecular flexibility index (Phi) is 3.82. The minimum absolute atomic E-state index is 0.367. The van der Waals surface area contributed by atoms with E-state index in [1.807, 2.05) is 0 Å². The highest BCUT2D eigenvalue weighted by molar-refractivity contribution is 6.69. The predicted octanol–water partition coefficient (Wildman–Crippen LogP) is -1.15. The standard InChI is InChI=1S/C6H19N3O2Si/c1-5(7)6(8,9)12(4,10-2)11-3/h5H,7-9H2,1-4H3. The summed E-state index contributed by atoms with van der Waals surface area (Å²) < 4.78 is 10.4. The molecule has 5 nitrogen and oxygen atoms in total. The van der Waals surface area contributed by atoms with Crippen molar-refractivity contribution < 1.29 is 8.85 Å². The summed E-state index contributed by atoms with van der Waals surface area (Å²) in [6.45, 7) is 3.53. The Morgan fingerprint density at radius 2 is 1.58 bits per heavy atom. The van der Waals surface area contributed by atoms with Gasteiger partial charge in [0.05, 0.1) is 0 Å². The maximum absolute atomic E-state index is 5.82. The Morgan fingerprint density at radius 3 is 1.67 bits per heavy atom. The molecule has 0 saturated carbocycles. The molecule has 0 aliphatic rings. The summed E-state index contributed by atoms with van der Waals surface area (Å²) in [5.41, 5.74) is 17.3. The zero-order chi connectivity index (χ0) is 9.99. The average molecular weight is 193 g/mol. The molecule has 6 N–H and O–H groups in total. The van der Waals surface area contributed by atoms with E-state index in [1.54, 1.807) is 13.5 Å². The molecule has 0 heterocycles. The van der Waals surface area contributed by atoms with Gasteiger partial charge in [-0.1, -0.05) is 0 Å². The normalized spacial score (nSPS) is 16.2. The summed E-state index contributed by atoms with van der Waals surface area (Å²) >= 11 is 0. The lowest BCUT2D eigenvalue weighted by molar-refractivity contribution is 0.204. The predicted molar refractivity (Wildman–Crippen MR) is 50.4 cm³/mol. The zero-order valence-electron chi connectivity index (χ0n) is 8.13. The highest BCUT2D eigenvalue weighted by Gasteiger charge is 2.50. The van der Waals surface area contributed by atoms with E-state index in [2.05, 4.69) is 0 Å². The lowest BCUT2D eigenvalue weighted by atomic mass is 10.3. The van der Waals surface area contributed by atoms with Crippen LogP contribution in [0.2, 0.25) is 6.55 Å². The van der Waals surface area contributed by atoms with Crippen LogP contribution in [0, 0.1) is 0 Å². The molecule has 1 atom stereocenters. The van der Waals surface area contributed by atoms with E-state index < -0.39 is 13.8 Å². The van der Waals surface area contributed by atoms with Crippen LogP contribution in [0.15, 0.2) is 0 Å². The SMILES string of the molecule is CO[Si](C)(OC)C(N)(N)C(C)N. The summed E-state index contributed by atoms with van der Waals surface area (Å²) in [4.78, 5) is 0. The van der Waals surface area contributed by atoms with Crippen molar-refractivity contribution in [1.82, 2.24) is 0 Å². The van der Waals surface area contributed by atoms with Crippen LogP contribution in [0.4, 0.5) is 0 Å². The third-order valence-electron chi connectivity index (χ3n) is 2.32. The molecule has 0 radical (unpaired) electrons. The fourth-order valence-corrected chi connectivity index (χ4v) is 2.55. The molecule has 0 aliphatic carbocycles. The fourth-order valence-electron chi connectivity index (χ4n) is 0.850. The highest BCUT2D eigenvalue weighted by Crippen LogP contribution is 2.16. The topological polar surface area (TPSA) is 96.5 Å². The van der Waals surface area contributed by atoms with Crippen LogP contribution in [-0.4, -0.2) is 34.1 Å². The van der Waals surface area contributed by atoms with E-state index in [4.69, 9.17) is 26.1 Å². The van der Waals surface area contributed by atoms with Gasteiger partial charge >= 0.3 is 8.56 Å². The summed E-state index contributed by atoms with van der Waals surface area (Å²) in [6, 6.07) is -0.367. The molecule has 0 rings (SSSR count). The summed E-state index contributed by atoms with van der Waals surface area (Å²) in [6.07, 6.45) is 0. The van der Waals surface area contributed by atoms with Gasteiger partial charge in [-0.25, -0.2) is 0 Å². The first kappa shape index (κ1) is 12.0. The molecule has 0 aliphatic heterocycles. The van der Waals surface area contributed by atoms with Gasteiger partial charge in [0.2, 0.25) is 0 Å². The Balaban J connectivity index is 4.70. The van der Waals surface area contributed by atoms with Crippen LogP contribution in [0.5, 0.6) is 0 Å². The van der Waals surface area contributed by atoms with Crippen LogP contribution in [0.1, 0.15) is 6.92 Å². The average Bonchev–Trinajstić information content (AvgIpc) is 2.02. The van der Waals surface area contributed by atoms with Gasteiger partial charge in [-0.2, -0.15) is 0 Å². The Bertz CT molecular complexity index is 145. The third kappa shape index (κ3) is 1.84. The molecule has 6 heteroatoms. The van der Waals surface area contributed by atoms with Gasteiger partial charge in [-0.05, 0) is 13.5 Å². The molecule has 0 amide bonds. The molecule has 0 fully saturated rings. The first-order chi connectivity index (χ1) is 5.31. The van der Waals surface area contributed by atoms with Crippen molar-refractivity contribution in [1.29, 1.82) is 0 Å². The van der Waals surface area contributed by atoms with Crippen molar-refractivity contribution in [3.8, 4) is 0 Å². The van der Waals surface area contributed by atoms with Gasteiger partial charge in [0.25, 0.3) is 0 Å². The van der Waals surface area contributed by atoms with Crippen LogP contribution in [-0.2, 0) is 8.85 Å². The Labute approximate surface area is 74.4 Å². The number of hydrogen-bond acceptors (Lipinski definition) is 5. The number of nitrogens with two attached hydrogens (primary N) is 3. The molecule has 12 heavy (non-hydrogen) atoms. The Morgan fingerprint density at radius 1 is 1.25 bits per heavy atom. The first-order valence-electron chi connectivity index (χ1n) is 3.75. The molecule has 0 aromatic carbocycles. The quantitative estimate of drug-likeness (QED) is 0.387. The molecule has 74 valence electrons. The van der Waals surface area contributed by atoms with Gasteiger partial charge in [-0.3, -0.25) is 0 Å². The largest absolute Gasteiger partial charge is 0.396 e. The van der Waals surface area contributed by atoms with E-state index in [-0.39, 0.29) is 6.04 Å². The second-order valence-corrected chi connectivity index (χ2v) is 6.65. The van der Waals surface area contributed by atoms with Crippen molar-refractivity contribution in [3.05, 3.63) is 0 Å². The van der Waals surface area contributed by atoms with Crippen molar-refractivity contribution in [2.45, 2.75) is 24.8 Å². The second kappa shape index (κ2) is 3.82. The van der Waals surface area contributed by atoms with E-state index in [1.165, 1.54) is 14.2 Å². The molecular weight excluding hydrogens is 174 g/mol. The third-order valence-corrected chi connectivity index (χ3v) is 5.91. The fraction of sp³-hybridized carbons (Fsp3) is 1.00. The van der Waals surface area contributed by atoms with E-state index in [0.29, 0.717) is 0 Å². The molecule has 0 spiro atoms. The second-order valence-electron chi connectivity index (χ2n) is 3.08. The summed E-state index contributed by atoms with van der Waals surface area (Å²) in [5, 5.41) is -1.07. The van der Waals surface area contributed by atoms with E-state index >= 15 is 0 Å². The number of rotatable bonds is 4. The van der Waals surface area contributed by atoms with Gasteiger partial charge in [0.1, 0.15) is 5.29 Å². The molecule has 0 aromatic rings. The van der Waals surface area contributed by atoms with Gasteiger partial charge in [0, 0.05) is 20.3 Å². The minimum Gasteiger partial charge on any atom is -0.396 e. The highest BCUT2D eigenvalue weighted by atomic mass is 28.4. The van der Waals surface area contributed by atoms with Crippen molar-refractivity contribution in [2.24, 2.45) is 17.2 Å². The van der Waals surface area contributed by atoms with Crippen LogP contribution in [0.3, 0.4) is 0 Å². The van der Waals surface area contributed by atoms with Crippen LogP contribution < -0.4 is 17.2 Å². The summed E-state index contributed by atoms with van der Waals surface area (Å²) in [5.74, 6) is 0. The maximum atomic E-state index is 5.82. The molecule has 0 saturated heterocycles. The Hall–Kier alpha value is 0.0169. The zero-order valence-corrected chi connectivity index (χ0v) is 9.13. The van der Waals surface area contributed by atoms with Gasteiger partial charge < -0.3 is 26.1 Å². The monoisotopic (exact) mass is 193 g/mol. The molecule has 0 bridgehead atoms. The first-order valence-corrected chi connectivity index (χ1v) is 6.07. The van der Waals surface area contributed by atoms with E-state index in [9.17, 15) is 0 Å². The van der Waals surface area contributed by atoms with Crippen molar-refractivity contribution in [2.75, 3.05) is 14.2 Å². The van der Waals surface area contributed by atoms with E-state index in [0.717, 1.165) is 0 Å². The van der Waals surface area contributed by atoms with Crippen molar-refractivity contribution >= 4 is 8.56 Å². The lowest BCUT2D eigenvalue weighted by Crippen LogP contribution is -2.78. The van der Waals surface area contributed by atoms with Crippen LogP contribution in [0.25, 0.3) is 0 Å². The number of hydrogen-bond donors (Lipinski definition) is 3. The van der Waals surface area contributed by atoms with Gasteiger partial charge in [0.15, 0.2) is 0 Å². The van der Waals surface area contributed by atoms with Crippen LogP contribution >= 0.6 is 0 Å².